The first-order valence-electron chi connectivity index (χ1n) is 5.71. The van der Waals surface area contributed by atoms with Gasteiger partial charge >= 0.3 is 0 Å². The van der Waals surface area contributed by atoms with Crippen LogP contribution in [0, 0.1) is 5.82 Å². The van der Waals surface area contributed by atoms with Gasteiger partial charge in [-0.2, -0.15) is 0 Å². The summed E-state index contributed by atoms with van der Waals surface area (Å²) in [5.41, 5.74) is 6.11. The summed E-state index contributed by atoms with van der Waals surface area (Å²) >= 11 is 14.5. The molecule has 2 N–H and O–H groups in total. The highest BCUT2D eigenvalue weighted by Crippen LogP contribution is 2.35. The SMILES string of the molecule is CC(Oc1c[c]([Al])cnc1N)c1c(Cl)ccc(F)c1Cl. The van der Waals surface area contributed by atoms with E-state index in [0.29, 0.717) is 16.3 Å². The van der Waals surface area contributed by atoms with Crippen molar-refractivity contribution in [1.29, 1.82) is 0 Å². The van der Waals surface area contributed by atoms with Crippen LogP contribution >= 0.6 is 23.2 Å². The molecule has 0 bridgehead atoms. The first-order chi connectivity index (χ1) is 9.40. The average molecular weight is 327 g/mol. The Bertz CT molecular complexity index is 655. The molecule has 0 saturated heterocycles. The fourth-order valence-electron chi connectivity index (χ4n) is 1.73. The summed E-state index contributed by atoms with van der Waals surface area (Å²) in [6.45, 7) is 1.71. The molecule has 102 valence electrons. The number of benzene rings is 1. The topological polar surface area (TPSA) is 48.1 Å². The fourth-order valence-corrected chi connectivity index (χ4v) is 2.63. The number of nitrogen functional groups attached to an aromatic ring is 1. The number of halogens is 3. The lowest BCUT2D eigenvalue weighted by atomic mass is 10.1. The Morgan fingerprint density at radius 2 is 2.10 bits per heavy atom. The molecule has 0 amide bonds. The first-order valence-corrected chi connectivity index (χ1v) is 7.04. The van der Waals surface area contributed by atoms with Crippen LogP contribution in [0.5, 0.6) is 5.75 Å². The maximum Gasteiger partial charge on any atom is 0.178 e. The van der Waals surface area contributed by atoms with Crippen molar-refractivity contribution < 1.29 is 9.13 Å². The monoisotopic (exact) mass is 326 g/mol. The second-order valence-corrected chi connectivity index (χ2v) is 5.62. The van der Waals surface area contributed by atoms with Crippen LogP contribution in [0.1, 0.15) is 18.6 Å². The van der Waals surface area contributed by atoms with Gasteiger partial charge in [-0.3, -0.25) is 0 Å². The van der Waals surface area contributed by atoms with Crippen LogP contribution in [-0.2, 0) is 0 Å². The van der Waals surface area contributed by atoms with E-state index in [-0.39, 0.29) is 10.8 Å². The van der Waals surface area contributed by atoms with Crippen molar-refractivity contribution in [1.82, 2.24) is 4.98 Å². The van der Waals surface area contributed by atoms with Gasteiger partial charge in [0.25, 0.3) is 0 Å². The van der Waals surface area contributed by atoms with E-state index in [0.717, 1.165) is 4.43 Å². The molecule has 7 heteroatoms. The highest BCUT2D eigenvalue weighted by molar-refractivity contribution is 6.36. The lowest BCUT2D eigenvalue weighted by molar-refractivity contribution is 0.227. The Balaban J connectivity index is 2.35. The fraction of sp³-hybridized carbons (Fsp3) is 0.154. The summed E-state index contributed by atoms with van der Waals surface area (Å²) < 4.78 is 20.0. The van der Waals surface area contributed by atoms with E-state index in [9.17, 15) is 4.39 Å². The van der Waals surface area contributed by atoms with Crippen molar-refractivity contribution in [3.05, 3.63) is 45.8 Å². The standard InChI is InChI=1S/C13H10Cl2FN2O.Al/c1-7(19-10-3-2-6-18-13(10)17)11-8(14)4-5-9(16)12(11)15;/h3-7H,1H3,(H2,17,18);. The lowest BCUT2D eigenvalue weighted by Crippen LogP contribution is -2.11. The van der Waals surface area contributed by atoms with Crippen molar-refractivity contribution in [2.24, 2.45) is 0 Å². The minimum atomic E-state index is -0.568. The molecule has 0 saturated carbocycles. The van der Waals surface area contributed by atoms with Gasteiger partial charge in [0, 0.05) is 16.8 Å². The van der Waals surface area contributed by atoms with E-state index >= 15 is 0 Å². The van der Waals surface area contributed by atoms with Crippen LogP contribution < -0.4 is 14.9 Å². The van der Waals surface area contributed by atoms with E-state index in [2.05, 4.69) is 21.3 Å². The molecule has 0 aliphatic carbocycles. The average Bonchev–Trinajstić information content (AvgIpc) is 2.39. The third-order valence-corrected chi connectivity index (χ3v) is 3.72. The van der Waals surface area contributed by atoms with Crippen molar-refractivity contribution in [2.45, 2.75) is 13.0 Å². The number of anilines is 1. The molecule has 0 aliphatic rings. The number of aromatic nitrogens is 1. The maximum absolute atomic E-state index is 13.5. The summed E-state index contributed by atoms with van der Waals surface area (Å²) in [5, 5.41) is 0.274. The van der Waals surface area contributed by atoms with E-state index in [1.54, 1.807) is 19.2 Å². The lowest BCUT2D eigenvalue weighted by Gasteiger charge is -2.19. The van der Waals surface area contributed by atoms with Crippen LogP contribution in [0.25, 0.3) is 0 Å². The van der Waals surface area contributed by atoms with E-state index in [1.807, 2.05) is 0 Å². The van der Waals surface area contributed by atoms with Crippen molar-refractivity contribution in [3.63, 3.8) is 0 Å². The van der Waals surface area contributed by atoms with Gasteiger partial charge in [0.1, 0.15) is 11.9 Å². The van der Waals surface area contributed by atoms with Crippen LogP contribution in [0.2, 0.25) is 10.0 Å². The van der Waals surface area contributed by atoms with Gasteiger partial charge in [-0.05, 0) is 25.1 Å². The van der Waals surface area contributed by atoms with Crippen molar-refractivity contribution in [3.8, 4) is 5.75 Å². The predicted octanol–water partition coefficient (Wildman–Crippen LogP) is 3.04. The summed E-state index contributed by atoms with van der Waals surface area (Å²) in [6, 6.07) is 4.36. The maximum atomic E-state index is 13.5. The van der Waals surface area contributed by atoms with Crippen LogP contribution in [0.15, 0.2) is 24.4 Å². The second-order valence-electron chi connectivity index (χ2n) is 4.17. The van der Waals surface area contributed by atoms with Gasteiger partial charge in [0.15, 0.2) is 27.9 Å². The summed E-state index contributed by atoms with van der Waals surface area (Å²) in [7, 11) is 0. The molecule has 1 heterocycles. The Labute approximate surface area is 134 Å². The zero-order valence-corrected chi connectivity index (χ0v) is 13.2. The van der Waals surface area contributed by atoms with Gasteiger partial charge in [-0.15, -0.1) is 4.43 Å². The Hall–Kier alpha value is -0.988. The highest BCUT2D eigenvalue weighted by Gasteiger charge is 2.19. The molecule has 2 rings (SSSR count). The number of pyridine rings is 1. The minimum absolute atomic E-state index is 0.0569. The van der Waals surface area contributed by atoms with E-state index < -0.39 is 11.9 Å². The summed E-state index contributed by atoms with van der Waals surface area (Å²) in [5.74, 6) is 0.0838. The van der Waals surface area contributed by atoms with Gasteiger partial charge < -0.3 is 10.5 Å². The van der Waals surface area contributed by atoms with Crippen LogP contribution in [0.4, 0.5) is 10.2 Å². The number of nitrogens with zero attached hydrogens (tertiary/aromatic N) is 1. The molecular weight excluding hydrogens is 317 g/mol. The highest BCUT2D eigenvalue weighted by atomic mass is 35.5. The van der Waals surface area contributed by atoms with Gasteiger partial charge in [-0.25, -0.2) is 9.37 Å². The zero-order chi connectivity index (χ0) is 14.9. The molecule has 0 spiro atoms. The smallest absolute Gasteiger partial charge is 0.178 e. The van der Waals surface area contributed by atoms with Gasteiger partial charge in [0.05, 0.1) is 5.02 Å². The summed E-state index contributed by atoms with van der Waals surface area (Å²) in [4.78, 5) is 3.98. The molecule has 1 unspecified atom stereocenters. The largest absolute Gasteiger partial charge is 0.482 e. The van der Waals surface area contributed by atoms with E-state index in [4.69, 9.17) is 33.7 Å². The number of hydrogen-bond acceptors (Lipinski definition) is 3. The molecule has 2 aromatic rings. The zero-order valence-electron chi connectivity index (χ0n) is 10.5. The van der Waals surface area contributed by atoms with Crippen molar-refractivity contribution in [2.75, 3.05) is 5.73 Å². The number of nitrogens with two attached hydrogens (primary N) is 1. The third kappa shape index (κ3) is 3.18. The molecule has 20 heavy (non-hydrogen) atoms. The quantitative estimate of drug-likeness (QED) is 0.696. The van der Waals surface area contributed by atoms with Crippen LogP contribution in [0.3, 0.4) is 0 Å². The van der Waals surface area contributed by atoms with Gasteiger partial charge in [-0.1, -0.05) is 23.2 Å². The Morgan fingerprint density at radius 1 is 1.40 bits per heavy atom. The third-order valence-electron chi connectivity index (χ3n) is 2.69. The Morgan fingerprint density at radius 3 is 2.80 bits per heavy atom. The minimum Gasteiger partial charge on any atom is -0.482 e. The molecule has 1 atom stereocenters. The molecule has 2 radical (unpaired) electrons. The molecule has 0 fully saturated rings. The first kappa shape index (κ1) is 15.4. The summed E-state index contributed by atoms with van der Waals surface area (Å²) in [6.07, 6.45) is 1.03. The van der Waals surface area contributed by atoms with E-state index in [1.165, 1.54) is 12.1 Å². The van der Waals surface area contributed by atoms with Gasteiger partial charge in [0.2, 0.25) is 0 Å². The Kier molecular flexibility index (Phi) is 4.77. The molecule has 3 nitrogen and oxygen atoms in total. The van der Waals surface area contributed by atoms with Crippen molar-refractivity contribution >= 4 is 49.7 Å². The molecule has 1 aromatic carbocycles. The van der Waals surface area contributed by atoms with Crippen LogP contribution in [-0.4, -0.2) is 21.3 Å². The second kappa shape index (κ2) is 6.19. The molecular formula is C13H10AlCl2FN2O. The molecule has 0 aliphatic heterocycles. The molecule has 1 aromatic heterocycles. The number of ether oxygens (including phenoxy) is 1. The normalized spacial score (nSPS) is 12.2. The number of hydrogen-bond donors (Lipinski definition) is 1. The number of rotatable bonds is 3. The predicted molar refractivity (Wildman–Crippen MR) is 79.5 cm³/mol.